The molecule has 0 aliphatic carbocycles. The fourth-order valence-electron chi connectivity index (χ4n) is 1.54. The molecule has 19 heavy (non-hydrogen) atoms. The molecule has 0 atom stereocenters. The molecule has 3 nitrogen and oxygen atoms in total. The highest BCUT2D eigenvalue weighted by molar-refractivity contribution is 6.41. The number of aromatic carboxylic acids is 1. The number of nitrogens with zero attached hydrogens (tertiary/aromatic N) is 1. The van der Waals surface area contributed by atoms with Gasteiger partial charge in [0.2, 0.25) is 5.95 Å². The maximum Gasteiger partial charge on any atom is 0.335 e. The average molecular weight is 321 g/mol. The van der Waals surface area contributed by atoms with E-state index in [9.17, 15) is 9.18 Å². The quantitative estimate of drug-likeness (QED) is 0.826. The molecular weight excluding hydrogens is 315 g/mol. The van der Waals surface area contributed by atoms with Crippen LogP contribution < -0.4 is 0 Å². The van der Waals surface area contributed by atoms with Crippen LogP contribution in [0.2, 0.25) is 15.1 Å². The highest BCUT2D eigenvalue weighted by atomic mass is 35.5. The molecule has 0 aliphatic rings. The summed E-state index contributed by atoms with van der Waals surface area (Å²) in [5, 5.41) is 9.51. The van der Waals surface area contributed by atoms with Crippen LogP contribution in [-0.2, 0) is 0 Å². The van der Waals surface area contributed by atoms with Crippen molar-refractivity contribution in [3.63, 3.8) is 0 Å². The Labute approximate surface area is 122 Å². The number of carboxylic acids is 1. The summed E-state index contributed by atoms with van der Waals surface area (Å²) < 4.78 is 13.3. The normalized spacial score (nSPS) is 10.5. The lowest BCUT2D eigenvalue weighted by Gasteiger charge is -2.08. The molecule has 0 fully saturated rings. The molecule has 1 aromatic heterocycles. The zero-order valence-electron chi connectivity index (χ0n) is 9.12. The molecule has 0 saturated carbocycles. The molecule has 0 radical (unpaired) electrons. The fraction of sp³-hybridized carbons (Fsp3) is 0. The maximum absolute atomic E-state index is 13.3. The van der Waals surface area contributed by atoms with Gasteiger partial charge in [-0.1, -0.05) is 34.8 Å². The number of hydrogen-bond donors (Lipinski definition) is 1. The van der Waals surface area contributed by atoms with E-state index in [4.69, 9.17) is 39.9 Å². The number of rotatable bonds is 2. The van der Waals surface area contributed by atoms with Gasteiger partial charge < -0.3 is 5.11 Å². The topological polar surface area (TPSA) is 50.2 Å². The predicted molar refractivity (Wildman–Crippen MR) is 71.6 cm³/mol. The van der Waals surface area contributed by atoms with Crippen molar-refractivity contribution in [1.29, 1.82) is 0 Å². The monoisotopic (exact) mass is 319 g/mol. The number of carbonyl (C=O) groups is 1. The first-order valence-corrected chi connectivity index (χ1v) is 6.07. The second-order valence-electron chi connectivity index (χ2n) is 3.61. The zero-order chi connectivity index (χ0) is 14.2. The molecule has 0 bridgehead atoms. The molecule has 1 aromatic carbocycles. The SMILES string of the molecule is O=C(O)c1cc(F)nc(-c2c(Cl)cc(Cl)cc2Cl)c1. The Morgan fingerprint density at radius 1 is 1.11 bits per heavy atom. The molecule has 0 saturated heterocycles. The third-order valence-electron chi connectivity index (χ3n) is 2.30. The molecule has 0 amide bonds. The first-order chi connectivity index (χ1) is 8.88. The summed E-state index contributed by atoms with van der Waals surface area (Å²) in [4.78, 5) is 14.5. The first kappa shape index (κ1) is 14.1. The van der Waals surface area contributed by atoms with E-state index >= 15 is 0 Å². The Morgan fingerprint density at radius 3 is 2.21 bits per heavy atom. The Kier molecular flexibility index (Phi) is 3.94. The Hall–Kier alpha value is -1.36. The summed E-state index contributed by atoms with van der Waals surface area (Å²) in [5.74, 6) is -2.21. The molecule has 1 N–H and O–H groups in total. The Morgan fingerprint density at radius 2 is 1.68 bits per heavy atom. The lowest BCUT2D eigenvalue weighted by molar-refractivity contribution is 0.0696. The van der Waals surface area contributed by atoms with Crippen molar-refractivity contribution in [3.05, 3.63) is 50.8 Å². The van der Waals surface area contributed by atoms with E-state index in [2.05, 4.69) is 4.98 Å². The number of halogens is 4. The van der Waals surface area contributed by atoms with Gasteiger partial charge >= 0.3 is 5.97 Å². The van der Waals surface area contributed by atoms with Crippen molar-refractivity contribution >= 4 is 40.8 Å². The van der Waals surface area contributed by atoms with E-state index < -0.39 is 11.9 Å². The highest BCUT2D eigenvalue weighted by Gasteiger charge is 2.15. The van der Waals surface area contributed by atoms with E-state index in [0.29, 0.717) is 5.02 Å². The van der Waals surface area contributed by atoms with Gasteiger partial charge in [-0.15, -0.1) is 0 Å². The van der Waals surface area contributed by atoms with Gasteiger partial charge in [0.15, 0.2) is 0 Å². The van der Waals surface area contributed by atoms with Gasteiger partial charge in [-0.05, 0) is 18.2 Å². The van der Waals surface area contributed by atoms with E-state index in [1.807, 2.05) is 0 Å². The van der Waals surface area contributed by atoms with Crippen LogP contribution in [0.4, 0.5) is 4.39 Å². The zero-order valence-corrected chi connectivity index (χ0v) is 11.4. The van der Waals surface area contributed by atoms with Crippen molar-refractivity contribution < 1.29 is 14.3 Å². The summed E-state index contributed by atoms with van der Waals surface area (Å²) in [5.41, 5.74) is 0.0170. The van der Waals surface area contributed by atoms with Gasteiger partial charge in [0.1, 0.15) is 0 Å². The fourth-order valence-corrected chi connectivity index (χ4v) is 2.55. The van der Waals surface area contributed by atoms with Crippen LogP contribution in [0.1, 0.15) is 10.4 Å². The second kappa shape index (κ2) is 5.33. The van der Waals surface area contributed by atoms with Crippen LogP contribution >= 0.6 is 34.8 Å². The summed E-state index contributed by atoms with van der Waals surface area (Å²) in [6.45, 7) is 0. The molecule has 7 heteroatoms. The number of aromatic nitrogens is 1. The third kappa shape index (κ3) is 2.97. The van der Waals surface area contributed by atoms with E-state index in [1.165, 1.54) is 18.2 Å². The standard InChI is InChI=1S/C12H5Cl3FNO2/c13-6-3-7(14)11(8(15)4-6)9-1-5(12(18)19)2-10(16)17-9/h1-4H,(H,18,19). The predicted octanol–water partition coefficient (Wildman–Crippen LogP) is 4.55. The minimum Gasteiger partial charge on any atom is -0.478 e. The minimum absolute atomic E-state index is 0.0315. The number of pyridine rings is 1. The van der Waals surface area contributed by atoms with Crippen LogP contribution in [0.3, 0.4) is 0 Å². The largest absolute Gasteiger partial charge is 0.478 e. The number of benzene rings is 1. The maximum atomic E-state index is 13.3. The van der Waals surface area contributed by atoms with Crippen LogP contribution in [0.25, 0.3) is 11.3 Å². The highest BCUT2D eigenvalue weighted by Crippen LogP contribution is 2.36. The van der Waals surface area contributed by atoms with Crippen LogP contribution in [-0.4, -0.2) is 16.1 Å². The average Bonchev–Trinajstić information content (AvgIpc) is 2.26. The smallest absolute Gasteiger partial charge is 0.335 e. The molecule has 2 aromatic rings. The van der Waals surface area contributed by atoms with Crippen molar-refractivity contribution in [2.24, 2.45) is 0 Å². The third-order valence-corrected chi connectivity index (χ3v) is 3.12. The van der Waals surface area contributed by atoms with E-state index in [0.717, 1.165) is 6.07 Å². The first-order valence-electron chi connectivity index (χ1n) is 4.94. The van der Waals surface area contributed by atoms with Crippen molar-refractivity contribution in [2.45, 2.75) is 0 Å². The molecule has 0 spiro atoms. The Bertz CT molecular complexity index is 653. The minimum atomic E-state index is -1.27. The van der Waals surface area contributed by atoms with Gasteiger partial charge in [0.05, 0.1) is 21.3 Å². The van der Waals surface area contributed by atoms with Gasteiger partial charge in [-0.25, -0.2) is 9.78 Å². The van der Waals surface area contributed by atoms with E-state index in [-0.39, 0.29) is 26.9 Å². The molecular formula is C12H5Cl3FNO2. The van der Waals surface area contributed by atoms with Gasteiger partial charge in [0, 0.05) is 16.7 Å². The molecule has 0 unspecified atom stereocenters. The molecule has 98 valence electrons. The van der Waals surface area contributed by atoms with Crippen LogP contribution in [0.5, 0.6) is 0 Å². The Balaban J connectivity index is 2.69. The number of hydrogen-bond acceptors (Lipinski definition) is 2. The summed E-state index contributed by atoms with van der Waals surface area (Å²) in [6, 6.07) is 4.82. The summed E-state index contributed by atoms with van der Waals surface area (Å²) in [7, 11) is 0. The van der Waals surface area contributed by atoms with Gasteiger partial charge in [-0.3, -0.25) is 0 Å². The van der Waals surface area contributed by atoms with Gasteiger partial charge in [0.25, 0.3) is 0 Å². The lowest BCUT2D eigenvalue weighted by atomic mass is 10.1. The second-order valence-corrected chi connectivity index (χ2v) is 4.86. The van der Waals surface area contributed by atoms with Crippen molar-refractivity contribution in [1.82, 2.24) is 4.98 Å². The molecule has 0 aliphatic heterocycles. The van der Waals surface area contributed by atoms with Crippen molar-refractivity contribution in [2.75, 3.05) is 0 Å². The van der Waals surface area contributed by atoms with E-state index in [1.54, 1.807) is 0 Å². The van der Waals surface area contributed by atoms with Crippen LogP contribution in [0, 0.1) is 5.95 Å². The summed E-state index contributed by atoms with van der Waals surface area (Å²) in [6.07, 6.45) is 0. The van der Waals surface area contributed by atoms with Crippen molar-refractivity contribution in [3.8, 4) is 11.3 Å². The van der Waals surface area contributed by atoms with Crippen LogP contribution in [0.15, 0.2) is 24.3 Å². The summed E-state index contributed by atoms with van der Waals surface area (Å²) >= 11 is 17.7. The number of carboxylic acid groups (broad SMARTS) is 1. The lowest BCUT2D eigenvalue weighted by Crippen LogP contribution is -2.00. The molecule has 1 heterocycles. The molecule has 2 rings (SSSR count). The van der Waals surface area contributed by atoms with Gasteiger partial charge in [-0.2, -0.15) is 4.39 Å².